The smallest absolute Gasteiger partial charge is 0.253 e. The van der Waals surface area contributed by atoms with Crippen molar-refractivity contribution in [3.05, 3.63) is 34.6 Å². The van der Waals surface area contributed by atoms with Gasteiger partial charge in [-0.05, 0) is 25.1 Å². The van der Waals surface area contributed by atoms with Crippen LogP contribution in [0.3, 0.4) is 0 Å². The fourth-order valence-electron chi connectivity index (χ4n) is 0.990. The SMILES string of the molecule is C#CC(C)NC(=O)c1ccc(F)cc1Cl. The van der Waals surface area contributed by atoms with Crippen LogP contribution in [0.25, 0.3) is 0 Å². The summed E-state index contributed by atoms with van der Waals surface area (Å²) in [6.07, 6.45) is 5.10. The summed E-state index contributed by atoms with van der Waals surface area (Å²) < 4.78 is 12.7. The molecule has 1 rings (SSSR count). The van der Waals surface area contributed by atoms with E-state index in [1.165, 1.54) is 12.1 Å². The molecule has 0 aromatic heterocycles. The van der Waals surface area contributed by atoms with E-state index in [1.807, 2.05) is 0 Å². The predicted molar refractivity (Wildman–Crippen MR) is 57.2 cm³/mol. The molecular formula is C11H9ClFNO. The Morgan fingerprint density at radius 1 is 1.67 bits per heavy atom. The molecule has 1 aromatic carbocycles. The molecule has 0 radical (unpaired) electrons. The lowest BCUT2D eigenvalue weighted by Crippen LogP contribution is -2.31. The van der Waals surface area contributed by atoms with Crippen LogP contribution in [0.1, 0.15) is 17.3 Å². The van der Waals surface area contributed by atoms with Crippen LogP contribution in [0.5, 0.6) is 0 Å². The molecule has 1 N–H and O–H groups in total. The highest BCUT2D eigenvalue weighted by molar-refractivity contribution is 6.33. The van der Waals surface area contributed by atoms with Crippen LogP contribution in [0.4, 0.5) is 4.39 Å². The van der Waals surface area contributed by atoms with E-state index < -0.39 is 17.8 Å². The third-order valence-corrected chi connectivity index (χ3v) is 2.09. The van der Waals surface area contributed by atoms with Crippen molar-refractivity contribution >= 4 is 17.5 Å². The topological polar surface area (TPSA) is 29.1 Å². The van der Waals surface area contributed by atoms with Crippen molar-refractivity contribution in [2.75, 3.05) is 0 Å². The molecule has 0 heterocycles. The lowest BCUT2D eigenvalue weighted by molar-refractivity contribution is 0.0948. The van der Waals surface area contributed by atoms with E-state index >= 15 is 0 Å². The minimum atomic E-state index is -0.485. The number of carbonyl (C=O) groups is 1. The largest absolute Gasteiger partial charge is 0.339 e. The second-order valence-corrected chi connectivity index (χ2v) is 3.39. The van der Waals surface area contributed by atoms with Crippen LogP contribution < -0.4 is 5.32 Å². The lowest BCUT2D eigenvalue weighted by Gasteiger charge is -2.08. The van der Waals surface area contributed by atoms with E-state index in [0.29, 0.717) is 0 Å². The van der Waals surface area contributed by atoms with Gasteiger partial charge in [-0.1, -0.05) is 17.5 Å². The molecule has 0 aliphatic carbocycles. The highest BCUT2D eigenvalue weighted by Crippen LogP contribution is 2.16. The van der Waals surface area contributed by atoms with Crippen LogP contribution in [0, 0.1) is 18.2 Å². The molecule has 0 aliphatic rings. The molecule has 2 nitrogen and oxygen atoms in total. The van der Waals surface area contributed by atoms with Crippen molar-refractivity contribution in [3.63, 3.8) is 0 Å². The number of rotatable bonds is 2. The fraction of sp³-hybridized carbons (Fsp3) is 0.182. The predicted octanol–water partition coefficient (Wildman–Crippen LogP) is 2.23. The standard InChI is InChI=1S/C11H9ClFNO/c1-3-7(2)14-11(15)9-5-4-8(13)6-10(9)12/h1,4-7H,2H3,(H,14,15). The maximum atomic E-state index is 12.7. The minimum Gasteiger partial charge on any atom is -0.339 e. The van der Waals surface area contributed by atoms with Crippen molar-refractivity contribution in [2.24, 2.45) is 0 Å². The van der Waals surface area contributed by atoms with Gasteiger partial charge >= 0.3 is 0 Å². The summed E-state index contributed by atoms with van der Waals surface area (Å²) in [6.45, 7) is 1.66. The molecule has 1 atom stereocenters. The summed E-state index contributed by atoms with van der Waals surface area (Å²) >= 11 is 5.70. The molecule has 0 spiro atoms. The molecular weight excluding hydrogens is 217 g/mol. The summed E-state index contributed by atoms with van der Waals surface area (Å²) in [5.74, 6) is 1.45. The van der Waals surface area contributed by atoms with Gasteiger partial charge in [-0.15, -0.1) is 6.42 Å². The second-order valence-electron chi connectivity index (χ2n) is 2.99. The first-order valence-corrected chi connectivity index (χ1v) is 4.64. The van der Waals surface area contributed by atoms with Crippen LogP contribution in [0.2, 0.25) is 5.02 Å². The highest BCUT2D eigenvalue weighted by atomic mass is 35.5. The Hall–Kier alpha value is -1.53. The summed E-state index contributed by atoms with van der Waals surface area (Å²) in [5, 5.41) is 2.59. The molecule has 0 saturated heterocycles. The van der Waals surface area contributed by atoms with Crippen molar-refractivity contribution in [1.82, 2.24) is 5.32 Å². The summed E-state index contributed by atoms with van der Waals surface area (Å²) in [5.41, 5.74) is 0.208. The first-order valence-electron chi connectivity index (χ1n) is 4.26. The maximum Gasteiger partial charge on any atom is 0.253 e. The van der Waals surface area contributed by atoms with E-state index in [0.717, 1.165) is 6.07 Å². The quantitative estimate of drug-likeness (QED) is 0.769. The van der Waals surface area contributed by atoms with Gasteiger partial charge in [-0.25, -0.2) is 4.39 Å². The number of amides is 1. The molecule has 0 fully saturated rings. The number of nitrogens with one attached hydrogen (secondary N) is 1. The number of hydrogen-bond acceptors (Lipinski definition) is 1. The summed E-state index contributed by atoms with van der Waals surface area (Å²) in [4.78, 5) is 11.5. The Morgan fingerprint density at radius 2 is 2.33 bits per heavy atom. The minimum absolute atomic E-state index is 0.0664. The molecule has 15 heavy (non-hydrogen) atoms. The van der Waals surface area contributed by atoms with Crippen LogP contribution >= 0.6 is 11.6 Å². The van der Waals surface area contributed by atoms with E-state index in [9.17, 15) is 9.18 Å². The summed E-state index contributed by atoms with van der Waals surface area (Å²) in [6, 6.07) is 3.17. The number of hydrogen-bond donors (Lipinski definition) is 1. The van der Waals surface area contributed by atoms with Gasteiger partial charge in [-0.3, -0.25) is 4.79 Å². The third-order valence-electron chi connectivity index (χ3n) is 1.77. The normalized spacial score (nSPS) is 11.6. The summed E-state index contributed by atoms with van der Waals surface area (Å²) in [7, 11) is 0. The highest BCUT2D eigenvalue weighted by Gasteiger charge is 2.12. The fourth-order valence-corrected chi connectivity index (χ4v) is 1.24. The van der Waals surface area contributed by atoms with E-state index in [2.05, 4.69) is 11.2 Å². The first-order chi connectivity index (χ1) is 7.04. The number of halogens is 2. The number of benzene rings is 1. The molecule has 0 bridgehead atoms. The molecule has 78 valence electrons. The molecule has 1 amide bonds. The van der Waals surface area contributed by atoms with Crippen molar-refractivity contribution in [3.8, 4) is 12.3 Å². The van der Waals surface area contributed by atoms with Gasteiger partial charge in [0.2, 0.25) is 0 Å². The zero-order valence-corrected chi connectivity index (χ0v) is 8.81. The van der Waals surface area contributed by atoms with E-state index in [1.54, 1.807) is 6.92 Å². The van der Waals surface area contributed by atoms with Crippen LogP contribution in [0.15, 0.2) is 18.2 Å². The van der Waals surface area contributed by atoms with Gasteiger partial charge < -0.3 is 5.32 Å². The average molecular weight is 226 g/mol. The van der Waals surface area contributed by atoms with Crippen molar-refractivity contribution < 1.29 is 9.18 Å². The maximum absolute atomic E-state index is 12.7. The first kappa shape index (κ1) is 11.5. The van der Waals surface area contributed by atoms with Crippen molar-refractivity contribution in [2.45, 2.75) is 13.0 Å². The number of carbonyl (C=O) groups excluding carboxylic acids is 1. The average Bonchev–Trinajstić information content (AvgIpc) is 2.17. The zero-order valence-electron chi connectivity index (χ0n) is 8.05. The third kappa shape index (κ3) is 2.97. The Labute approximate surface area is 92.4 Å². The van der Waals surface area contributed by atoms with Crippen LogP contribution in [-0.2, 0) is 0 Å². The second kappa shape index (κ2) is 4.81. The van der Waals surface area contributed by atoms with Gasteiger partial charge in [0.15, 0.2) is 0 Å². The Morgan fingerprint density at radius 3 is 2.87 bits per heavy atom. The Bertz CT molecular complexity index is 425. The van der Waals surface area contributed by atoms with Gasteiger partial charge in [0, 0.05) is 0 Å². The Balaban J connectivity index is 2.88. The Kier molecular flexibility index (Phi) is 3.70. The van der Waals surface area contributed by atoms with Gasteiger partial charge in [-0.2, -0.15) is 0 Å². The van der Waals surface area contributed by atoms with E-state index in [-0.39, 0.29) is 10.6 Å². The molecule has 0 aliphatic heterocycles. The van der Waals surface area contributed by atoms with Gasteiger partial charge in [0.05, 0.1) is 16.6 Å². The van der Waals surface area contributed by atoms with Crippen LogP contribution in [-0.4, -0.2) is 11.9 Å². The molecule has 0 saturated carbocycles. The van der Waals surface area contributed by atoms with E-state index in [4.69, 9.17) is 18.0 Å². The lowest BCUT2D eigenvalue weighted by atomic mass is 10.2. The number of terminal acetylenes is 1. The zero-order chi connectivity index (χ0) is 11.4. The van der Waals surface area contributed by atoms with Gasteiger partial charge in [0.1, 0.15) is 5.82 Å². The molecule has 4 heteroatoms. The van der Waals surface area contributed by atoms with Crippen molar-refractivity contribution in [1.29, 1.82) is 0 Å². The monoisotopic (exact) mass is 225 g/mol. The molecule has 1 aromatic rings. The van der Waals surface area contributed by atoms with Gasteiger partial charge in [0.25, 0.3) is 5.91 Å². The molecule has 1 unspecified atom stereocenters.